The molecule has 0 radical (unpaired) electrons. The van der Waals surface area contributed by atoms with Crippen LogP contribution in [0, 0.1) is 6.92 Å². The van der Waals surface area contributed by atoms with Crippen molar-refractivity contribution in [3.8, 4) is 39.4 Å². The van der Waals surface area contributed by atoms with Crippen LogP contribution in [0.15, 0.2) is 48.5 Å². The number of carbonyl (C=O) groups is 1. The van der Waals surface area contributed by atoms with Gasteiger partial charge in [0.1, 0.15) is 5.75 Å². The minimum Gasteiger partial charge on any atom is -0.494 e. The third-order valence-electron chi connectivity index (χ3n) is 5.15. The average molecular weight is 415 g/mol. The Morgan fingerprint density at radius 2 is 1.74 bits per heavy atom. The van der Waals surface area contributed by atoms with Crippen LogP contribution in [-0.2, 0) is 6.42 Å². The Morgan fingerprint density at radius 1 is 1.06 bits per heavy atom. The molecule has 0 saturated carbocycles. The number of aryl methyl sites for hydroxylation is 2. The molecular weight excluding hydrogens is 394 g/mol. The summed E-state index contributed by atoms with van der Waals surface area (Å²) in [6, 6.07) is 15.4. The van der Waals surface area contributed by atoms with Crippen molar-refractivity contribution in [1.82, 2.24) is 25.6 Å². The van der Waals surface area contributed by atoms with Gasteiger partial charge in [-0.25, -0.2) is 4.79 Å². The second kappa shape index (κ2) is 8.35. The standard InChI is InChI=1S/C23H21N5O3/c1-4-18-20(23(29)30)19(21(31-3)13(2)24-18)15-11-9-14(10-12-15)16-7-5-6-8-17(16)22-25-27-28-26-22/h5-12H,4H2,1-3H3,(H,29,30)(H,25,26,27,28). The van der Waals surface area contributed by atoms with Crippen LogP contribution in [0.25, 0.3) is 33.6 Å². The van der Waals surface area contributed by atoms with Gasteiger partial charge in [-0.15, -0.1) is 10.2 Å². The van der Waals surface area contributed by atoms with Crippen molar-refractivity contribution >= 4 is 5.97 Å². The zero-order valence-corrected chi connectivity index (χ0v) is 17.4. The second-order valence-corrected chi connectivity index (χ2v) is 6.94. The smallest absolute Gasteiger partial charge is 0.338 e. The van der Waals surface area contributed by atoms with Gasteiger partial charge in [-0.2, -0.15) is 5.21 Å². The van der Waals surface area contributed by atoms with Crippen LogP contribution >= 0.6 is 0 Å². The van der Waals surface area contributed by atoms with Crippen molar-refractivity contribution in [2.75, 3.05) is 7.11 Å². The number of tetrazole rings is 1. The van der Waals surface area contributed by atoms with Crippen molar-refractivity contribution in [3.63, 3.8) is 0 Å². The van der Waals surface area contributed by atoms with E-state index in [1.165, 1.54) is 7.11 Å². The van der Waals surface area contributed by atoms with Crippen LogP contribution in [0.1, 0.15) is 28.7 Å². The number of carboxylic acids is 1. The molecule has 0 aliphatic carbocycles. The zero-order chi connectivity index (χ0) is 22.0. The van der Waals surface area contributed by atoms with E-state index < -0.39 is 5.97 Å². The fraction of sp³-hybridized carbons (Fsp3) is 0.174. The molecule has 0 bridgehead atoms. The average Bonchev–Trinajstić information content (AvgIpc) is 3.33. The number of rotatable bonds is 6. The first-order valence-electron chi connectivity index (χ1n) is 9.79. The highest BCUT2D eigenvalue weighted by atomic mass is 16.5. The van der Waals surface area contributed by atoms with Gasteiger partial charge in [0.2, 0.25) is 5.82 Å². The Balaban J connectivity index is 1.86. The maximum atomic E-state index is 12.1. The molecule has 0 amide bonds. The minimum absolute atomic E-state index is 0.171. The lowest BCUT2D eigenvalue weighted by molar-refractivity contribution is 0.0695. The zero-order valence-electron chi connectivity index (χ0n) is 17.4. The molecule has 0 unspecified atom stereocenters. The maximum absolute atomic E-state index is 12.1. The molecule has 8 heteroatoms. The number of nitrogens with one attached hydrogen (secondary N) is 1. The molecule has 2 N–H and O–H groups in total. The molecule has 156 valence electrons. The molecule has 2 heterocycles. The first-order valence-corrected chi connectivity index (χ1v) is 9.79. The quantitative estimate of drug-likeness (QED) is 0.486. The number of carboxylic acid groups (broad SMARTS) is 1. The van der Waals surface area contributed by atoms with Gasteiger partial charge in [0.25, 0.3) is 0 Å². The summed E-state index contributed by atoms with van der Waals surface area (Å²) < 4.78 is 5.55. The van der Waals surface area contributed by atoms with Crippen LogP contribution in [0.2, 0.25) is 0 Å². The molecule has 0 fully saturated rings. The molecule has 8 nitrogen and oxygen atoms in total. The Kier molecular flexibility index (Phi) is 5.44. The Bertz CT molecular complexity index is 1240. The summed E-state index contributed by atoms with van der Waals surface area (Å²) in [6.45, 7) is 3.71. The van der Waals surface area contributed by atoms with Gasteiger partial charge in [-0.05, 0) is 35.2 Å². The van der Waals surface area contributed by atoms with Crippen LogP contribution in [0.3, 0.4) is 0 Å². The molecule has 2 aromatic carbocycles. The summed E-state index contributed by atoms with van der Waals surface area (Å²) in [7, 11) is 1.53. The van der Waals surface area contributed by atoms with E-state index in [-0.39, 0.29) is 5.56 Å². The topological polar surface area (TPSA) is 114 Å². The highest BCUT2D eigenvalue weighted by Gasteiger charge is 2.24. The number of hydrogen-bond acceptors (Lipinski definition) is 6. The molecule has 0 spiro atoms. The van der Waals surface area contributed by atoms with E-state index in [0.717, 1.165) is 22.3 Å². The lowest BCUT2D eigenvalue weighted by Gasteiger charge is -2.17. The summed E-state index contributed by atoms with van der Waals surface area (Å²) in [5.74, 6) is -0.0504. The van der Waals surface area contributed by atoms with Gasteiger partial charge in [0, 0.05) is 11.1 Å². The number of ether oxygens (including phenoxy) is 1. The van der Waals surface area contributed by atoms with Gasteiger partial charge in [0.05, 0.1) is 24.1 Å². The molecule has 0 aliphatic heterocycles. The van der Waals surface area contributed by atoms with Crippen molar-refractivity contribution in [2.45, 2.75) is 20.3 Å². The number of hydrogen-bond donors (Lipinski definition) is 2. The summed E-state index contributed by atoms with van der Waals surface area (Å²) in [5.41, 5.74) is 5.39. The molecule has 0 atom stereocenters. The Labute approximate surface area is 178 Å². The highest BCUT2D eigenvalue weighted by Crippen LogP contribution is 2.38. The minimum atomic E-state index is -1.02. The predicted molar refractivity (Wildman–Crippen MR) is 116 cm³/mol. The normalized spacial score (nSPS) is 10.8. The molecule has 2 aromatic heterocycles. The first kappa shape index (κ1) is 20.2. The van der Waals surface area contributed by atoms with Gasteiger partial charge >= 0.3 is 5.97 Å². The number of H-pyrrole nitrogens is 1. The summed E-state index contributed by atoms with van der Waals surface area (Å²) in [6.07, 6.45) is 0.510. The number of aromatic nitrogens is 5. The number of methoxy groups -OCH3 is 1. The number of benzene rings is 2. The molecule has 0 aliphatic rings. The number of nitrogens with zero attached hydrogens (tertiary/aromatic N) is 4. The Morgan fingerprint density at radius 3 is 2.32 bits per heavy atom. The monoisotopic (exact) mass is 415 g/mol. The van der Waals surface area contributed by atoms with Crippen molar-refractivity contribution in [1.29, 1.82) is 0 Å². The van der Waals surface area contributed by atoms with E-state index >= 15 is 0 Å². The molecular formula is C23H21N5O3. The molecule has 4 rings (SSSR count). The van der Waals surface area contributed by atoms with Gasteiger partial charge < -0.3 is 9.84 Å². The lowest BCUT2D eigenvalue weighted by atomic mass is 9.93. The summed E-state index contributed by atoms with van der Waals surface area (Å²) in [4.78, 5) is 16.5. The highest BCUT2D eigenvalue weighted by molar-refractivity contribution is 5.99. The lowest BCUT2D eigenvalue weighted by Crippen LogP contribution is -2.10. The second-order valence-electron chi connectivity index (χ2n) is 6.94. The van der Waals surface area contributed by atoms with E-state index in [1.54, 1.807) is 0 Å². The summed E-state index contributed by atoms with van der Waals surface area (Å²) in [5, 5.41) is 24.2. The van der Waals surface area contributed by atoms with E-state index in [0.29, 0.717) is 34.9 Å². The third-order valence-corrected chi connectivity index (χ3v) is 5.15. The maximum Gasteiger partial charge on any atom is 0.338 e. The van der Waals surface area contributed by atoms with Gasteiger partial charge in [-0.1, -0.05) is 55.5 Å². The number of aromatic amines is 1. The predicted octanol–water partition coefficient (Wildman–Crippen LogP) is 4.17. The fourth-order valence-electron chi connectivity index (χ4n) is 3.78. The van der Waals surface area contributed by atoms with Gasteiger partial charge in [0.15, 0.2) is 0 Å². The van der Waals surface area contributed by atoms with Gasteiger partial charge in [-0.3, -0.25) is 4.98 Å². The summed E-state index contributed by atoms with van der Waals surface area (Å²) >= 11 is 0. The van der Waals surface area contributed by atoms with Crippen molar-refractivity contribution < 1.29 is 14.6 Å². The van der Waals surface area contributed by atoms with Crippen LogP contribution in [0.5, 0.6) is 5.75 Å². The third kappa shape index (κ3) is 3.63. The molecule has 4 aromatic rings. The molecule has 0 saturated heterocycles. The first-order chi connectivity index (χ1) is 15.0. The van der Waals surface area contributed by atoms with Crippen LogP contribution in [0.4, 0.5) is 0 Å². The van der Waals surface area contributed by atoms with E-state index in [2.05, 4.69) is 25.6 Å². The number of aromatic carboxylic acids is 1. The SMILES string of the molecule is CCc1nc(C)c(OC)c(-c2ccc(-c3ccccc3-c3nn[nH]n3)cc2)c1C(=O)O. The Hall–Kier alpha value is -4.07. The number of pyridine rings is 1. The van der Waals surface area contributed by atoms with Crippen molar-refractivity contribution in [2.24, 2.45) is 0 Å². The van der Waals surface area contributed by atoms with Crippen LogP contribution < -0.4 is 4.74 Å². The van der Waals surface area contributed by atoms with Crippen molar-refractivity contribution in [3.05, 3.63) is 65.5 Å². The van der Waals surface area contributed by atoms with E-state index in [9.17, 15) is 9.90 Å². The molecule has 31 heavy (non-hydrogen) atoms. The van der Waals surface area contributed by atoms with Crippen LogP contribution in [-0.4, -0.2) is 43.8 Å². The van der Waals surface area contributed by atoms with E-state index in [4.69, 9.17) is 4.74 Å². The largest absolute Gasteiger partial charge is 0.494 e. The fourth-order valence-corrected chi connectivity index (χ4v) is 3.78. The van der Waals surface area contributed by atoms with E-state index in [1.807, 2.05) is 62.4 Å².